The van der Waals surface area contributed by atoms with E-state index in [0.717, 1.165) is 110 Å². The summed E-state index contributed by atoms with van der Waals surface area (Å²) in [6.45, 7) is 18.2. The third kappa shape index (κ3) is 11.4. The zero-order chi connectivity index (χ0) is 49.1. The number of benzene rings is 3. The summed E-state index contributed by atoms with van der Waals surface area (Å²) in [7, 11) is 0. The Morgan fingerprint density at radius 3 is 2.35 bits per heavy atom. The molecule has 16 heteroatoms. The monoisotopic (exact) mass is 1020 g/mol. The molecule has 5 heterocycles. The number of hydrogen-bond donors (Lipinski definition) is 3. The van der Waals surface area contributed by atoms with E-state index in [1.54, 1.807) is 23.9 Å². The van der Waals surface area contributed by atoms with Gasteiger partial charge in [-0.3, -0.25) is 19.3 Å². The number of likely N-dealkylation sites (tertiary alicyclic amines) is 2. The second kappa shape index (κ2) is 21.1. The third-order valence-electron chi connectivity index (χ3n) is 13.7. The number of thiazole rings is 1. The van der Waals surface area contributed by atoms with Crippen LogP contribution in [0, 0.1) is 39.0 Å². The first-order chi connectivity index (χ1) is 32.9. The molecule has 2 aliphatic rings. The topological polar surface area (TPSA) is 162 Å². The van der Waals surface area contributed by atoms with Crippen molar-refractivity contribution in [2.45, 2.75) is 105 Å². The van der Waals surface area contributed by atoms with Gasteiger partial charge in [-0.15, -0.1) is 11.3 Å². The molecule has 3 N–H and O–H groups in total. The Morgan fingerprint density at radius 1 is 0.971 bits per heavy atom. The Morgan fingerprint density at radius 2 is 1.71 bits per heavy atom. The quantitative estimate of drug-likeness (QED) is 0.0905. The van der Waals surface area contributed by atoms with Crippen molar-refractivity contribution in [2.24, 2.45) is 11.3 Å². The maximum absolute atomic E-state index is 14.4. The number of rotatable bonds is 15. The van der Waals surface area contributed by atoms with E-state index < -0.39 is 23.6 Å². The van der Waals surface area contributed by atoms with Crippen molar-refractivity contribution < 1.29 is 24.0 Å². The molecule has 364 valence electrons. The fraction of sp³-hybridized carbons (Fsp3) is 0.434. The highest BCUT2D eigenvalue weighted by atomic mass is 79.9. The lowest BCUT2D eigenvalue weighted by Gasteiger charge is -2.37. The molecule has 4 atom stereocenters. The number of imidazole rings is 1. The molecule has 0 unspecified atom stereocenters. The number of carbonyl (C=O) groups excluding carboxylic acids is 3. The van der Waals surface area contributed by atoms with Crippen LogP contribution in [0.15, 0.2) is 93.9 Å². The van der Waals surface area contributed by atoms with Crippen LogP contribution >= 0.6 is 27.3 Å². The number of piperidine rings is 1. The second-order valence-corrected chi connectivity index (χ2v) is 21.6. The first kappa shape index (κ1) is 49.7. The van der Waals surface area contributed by atoms with Gasteiger partial charge in [-0.05, 0) is 141 Å². The maximum Gasteiger partial charge on any atom is 0.246 e. The molecule has 3 aromatic carbocycles. The fourth-order valence-corrected chi connectivity index (χ4v) is 11.2. The van der Waals surface area contributed by atoms with E-state index in [4.69, 9.17) is 4.52 Å². The number of aryl methyl sites for hydroxylation is 4. The number of aliphatic hydroxyl groups excluding tert-OH is 1. The summed E-state index contributed by atoms with van der Waals surface area (Å²) in [4.78, 5) is 57.8. The summed E-state index contributed by atoms with van der Waals surface area (Å²) < 4.78 is 8.50. The molecule has 6 aromatic rings. The molecular weight excluding hydrogens is 955 g/mol. The molecule has 2 fully saturated rings. The van der Waals surface area contributed by atoms with E-state index in [9.17, 15) is 19.5 Å². The molecule has 69 heavy (non-hydrogen) atoms. The number of nitrogens with one attached hydrogen (secondary N) is 2. The number of carbonyl (C=O) groups is 3. The van der Waals surface area contributed by atoms with Crippen LogP contribution in [-0.4, -0.2) is 103 Å². The summed E-state index contributed by atoms with van der Waals surface area (Å²) in [5, 5.41) is 21.2. The van der Waals surface area contributed by atoms with Crippen LogP contribution in [-0.2, 0) is 14.4 Å². The Kier molecular flexibility index (Phi) is 15.2. The number of aromatic nitrogens is 4. The predicted molar refractivity (Wildman–Crippen MR) is 275 cm³/mol. The number of halogens is 1. The highest BCUT2D eigenvalue weighted by molar-refractivity contribution is 9.10. The fourth-order valence-electron chi connectivity index (χ4n) is 9.78. The average Bonchev–Trinajstić information content (AvgIpc) is 4.15. The Bertz CT molecular complexity index is 2740. The van der Waals surface area contributed by atoms with Gasteiger partial charge in [0.1, 0.15) is 17.8 Å². The number of nitrogens with zero attached hydrogens (tertiary/aromatic N) is 7. The molecule has 3 aromatic heterocycles. The minimum atomic E-state index is -0.900. The van der Waals surface area contributed by atoms with Crippen LogP contribution in [0.1, 0.15) is 87.7 Å². The molecule has 0 spiro atoms. The molecule has 8 rings (SSSR count). The second-order valence-electron chi connectivity index (χ2n) is 19.8. The molecule has 14 nitrogen and oxygen atoms in total. The predicted octanol–water partition coefficient (Wildman–Crippen LogP) is 9.26. The van der Waals surface area contributed by atoms with E-state index >= 15 is 0 Å². The smallest absolute Gasteiger partial charge is 0.246 e. The number of β-amino-alcohol motifs (C(OH)–C–C–N with tert-alkyl or cyclic N) is 1. The van der Waals surface area contributed by atoms with Gasteiger partial charge in [-0.2, -0.15) is 0 Å². The summed E-state index contributed by atoms with van der Waals surface area (Å²) in [5.74, 6) is 0.280. The van der Waals surface area contributed by atoms with Crippen molar-refractivity contribution in [1.29, 1.82) is 0 Å². The largest absolute Gasteiger partial charge is 0.391 e. The van der Waals surface area contributed by atoms with Crippen LogP contribution in [0.25, 0.3) is 27.3 Å². The van der Waals surface area contributed by atoms with Crippen LogP contribution in [0.5, 0.6) is 0 Å². The molecule has 3 amide bonds. The van der Waals surface area contributed by atoms with E-state index in [1.807, 2.05) is 89.0 Å². The standard InChI is InChI=1S/C53H64BrN9O5S/c1-32-9-10-40(48-34(3)59-68-36(48)5)25-45(32)62(41-15-16-44(43(54)26-41)61-24-20-55-30-61)23-19-37-17-21-60(22-18-37)29-47(65)58-50(53(6,7)8)52(67)63-28-42(64)27-46(63)51(66)57-33(2)38-11-13-39(14-12-38)49-35(4)56-31-69-49/h9-16,20,24-26,30-31,33,37,42,46,50,64H,17-19,21-23,27-29H2,1-8H3,(H,57,66)(H,58,65)/t33-,42+,46-,50+/m0/s1. The summed E-state index contributed by atoms with van der Waals surface area (Å²) in [6.07, 6.45) is 7.57. The van der Waals surface area contributed by atoms with Gasteiger partial charge in [0.05, 0.1) is 52.5 Å². The normalized spacial score (nSPS) is 17.7. The third-order valence-corrected chi connectivity index (χ3v) is 15.4. The molecule has 0 radical (unpaired) electrons. The van der Waals surface area contributed by atoms with Crippen molar-refractivity contribution in [3.05, 3.63) is 118 Å². The lowest BCUT2D eigenvalue weighted by atomic mass is 9.85. The molecular formula is C53H64BrN9O5S. The van der Waals surface area contributed by atoms with Gasteiger partial charge in [-0.25, -0.2) is 9.97 Å². The first-order valence-electron chi connectivity index (χ1n) is 23.9. The van der Waals surface area contributed by atoms with Gasteiger partial charge in [0.2, 0.25) is 17.7 Å². The lowest BCUT2D eigenvalue weighted by Crippen LogP contribution is -2.59. The van der Waals surface area contributed by atoms with Crippen molar-refractivity contribution in [3.8, 4) is 27.3 Å². The first-order valence-corrected chi connectivity index (χ1v) is 25.5. The lowest BCUT2D eigenvalue weighted by molar-refractivity contribution is -0.144. The maximum atomic E-state index is 14.4. The van der Waals surface area contributed by atoms with Gasteiger partial charge in [0, 0.05) is 53.3 Å². The Hall–Kier alpha value is -5.68. The van der Waals surface area contributed by atoms with E-state index in [2.05, 4.69) is 94.8 Å². The SMILES string of the molecule is Cc1ccc(-c2c(C)noc2C)cc1N(CCC1CCN(CC(=O)N[C@H](C(=O)N2C[C@H](O)C[C@H]2C(=O)N[C@@H](C)c2ccc(-c3scnc3C)cc2)C(C)(C)C)CC1)c1ccc(-n2ccnc2)c(Br)c1. The molecule has 0 saturated carbocycles. The van der Waals surface area contributed by atoms with Gasteiger partial charge >= 0.3 is 0 Å². The van der Waals surface area contributed by atoms with Crippen molar-refractivity contribution >= 4 is 56.4 Å². The van der Waals surface area contributed by atoms with Gasteiger partial charge < -0.3 is 34.6 Å². The Balaban J connectivity index is 0.889. The zero-order valence-corrected chi connectivity index (χ0v) is 43.2. The van der Waals surface area contributed by atoms with E-state index in [1.165, 1.54) is 4.90 Å². The van der Waals surface area contributed by atoms with E-state index in [-0.39, 0.29) is 43.3 Å². The zero-order valence-electron chi connectivity index (χ0n) is 40.8. The molecule has 2 aliphatic heterocycles. The van der Waals surface area contributed by atoms with Gasteiger partial charge in [0.15, 0.2) is 0 Å². The number of aliphatic hydroxyl groups is 1. The van der Waals surface area contributed by atoms with Crippen LogP contribution < -0.4 is 15.5 Å². The average molecular weight is 1020 g/mol. The van der Waals surface area contributed by atoms with E-state index in [0.29, 0.717) is 5.92 Å². The summed E-state index contributed by atoms with van der Waals surface area (Å²) in [5.41, 5.74) is 11.4. The highest BCUT2D eigenvalue weighted by Crippen LogP contribution is 2.38. The molecule has 0 aliphatic carbocycles. The molecule has 2 saturated heterocycles. The van der Waals surface area contributed by atoms with Gasteiger partial charge in [0.25, 0.3) is 0 Å². The minimum Gasteiger partial charge on any atom is -0.391 e. The van der Waals surface area contributed by atoms with Crippen molar-refractivity contribution in [2.75, 3.05) is 37.6 Å². The van der Waals surface area contributed by atoms with Crippen LogP contribution in [0.2, 0.25) is 0 Å². The van der Waals surface area contributed by atoms with Gasteiger partial charge in [-0.1, -0.05) is 62.3 Å². The molecule has 0 bridgehead atoms. The minimum absolute atomic E-state index is 0.0158. The highest BCUT2D eigenvalue weighted by Gasteiger charge is 2.45. The van der Waals surface area contributed by atoms with Crippen molar-refractivity contribution in [3.63, 3.8) is 0 Å². The summed E-state index contributed by atoms with van der Waals surface area (Å²) >= 11 is 5.44. The van der Waals surface area contributed by atoms with Crippen LogP contribution in [0.4, 0.5) is 11.4 Å². The number of hydrogen-bond acceptors (Lipinski definition) is 11. The van der Waals surface area contributed by atoms with Crippen molar-refractivity contribution in [1.82, 2.24) is 40.1 Å². The van der Waals surface area contributed by atoms with Crippen LogP contribution in [0.3, 0.4) is 0 Å². The Labute approximate surface area is 417 Å². The number of amides is 3. The number of anilines is 2. The summed E-state index contributed by atoms with van der Waals surface area (Å²) in [6, 6.07) is 18.9.